The molecule has 39 heavy (non-hydrogen) atoms. The Morgan fingerprint density at radius 1 is 0.436 bits per heavy atom. The van der Waals surface area contributed by atoms with Gasteiger partial charge in [0.15, 0.2) is 0 Å². The van der Waals surface area contributed by atoms with E-state index in [-0.39, 0.29) is 35.8 Å². The van der Waals surface area contributed by atoms with Gasteiger partial charge in [-0.1, -0.05) is 127 Å². The molecule has 0 N–H and O–H groups in total. The van der Waals surface area contributed by atoms with E-state index in [1.807, 2.05) is 47.7 Å². The van der Waals surface area contributed by atoms with Crippen molar-refractivity contribution in [3.05, 3.63) is 145 Å². The highest BCUT2D eigenvalue weighted by Gasteiger charge is 2.17. The molecule has 0 atom stereocenters. The van der Waals surface area contributed by atoms with Crippen LogP contribution in [0.3, 0.4) is 0 Å². The molecule has 1 heteroatoms. The summed E-state index contributed by atoms with van der Waals surface area (Å²) in [6.45, 7) is 0. The van der Waals surface area contributed by atoms with E-state index in [4.69, 9.17) is 6.85 Å². The zero-order chi connectivity index (χ0) is 30.1. The highest BCUT2D eigenvalue weighted by atomic mass is 32.1. The van der Waals surface area contributed by atoms with Crippen LogP contribution in [0.4, 0.5) is 0 Å². The molecule has 0 radical (unpaired) electrons. The van der Waals surface area contributed by atoms with E-state index < -0.39 is 0 Å². The van der Waals surface area contributed by atoms with Crippen LogP contribution in [0.15, 0.2) is 145 Å². The zero-order valence-corrected chi connectivity index (χ0v) is 21.7. The molecule has 0 nitrogen and oxygen atoms in total. The Balaban J connectivity index is 1.45. The maximum absolute atomic E-state index is 8.80. The number of benzene rings is 7. The van der Waals surface area contributed by atoms with E-state index in [1.165, 1.54) is 25.7 Å². The molecule has 1 heterocycles. The molecule has 0 aliphatic heterocycles. The first-order valence-electron chi connectivity index (χ1n) is 15.5. The smallest absolute Gasteiger partial charge is 0.0629 e. The summed E-state index contributed by atoms with van der Waals surface area (Å²) in [4.78, 5) is 0. The minimum absolute atomic E-state index is 0.197. The lowest BCUT2D eigenvalue weighted by atomic mass is 9.85. The van der Waals surface area contributed by atoms with Gasteiger partial charge in [-0.3, -0.25) is 0 Å². The first kappa shape index (κ1) is 17.7. The van der Waals surface area contributed by atoms with Gasteiger partial charge in [0.25, 0.3) is 0 Å². The monoisotopic (exact) mass is 517 g/mol. The fraction of sp³-hybridized carbons (Fsp3) is 0. The molecular formula is C38H24S. The predicted octanol–water partition coefficient (Wildman–Crippen LogP) is 11.4. The van der Waals surface area contributed by atoms with Gasteiger partial charge in [-0.15, -0.1) is 11.3 Å². The molecule has 0 unspecified atom stereocenters. The Hall–Kier alpha value is -4.72. The average Bonchev–Trinajstić information content (AvgIpc) is 3.45. The third-order valence-electron chi connectivity index (χ3n) is 7.55. The van der Waals surface area contributed by atoms with E-state index >= 15 is 0 Å². The van der Waals surface area contributed by atoms with Gasteiger partial charge in [0, 0.05) is 20.2 Å². The first-order valence-corrected chi connectivity index (χ1v) is 13.8. The van der Waals surface area contributed by atoms with Crippen LogP contribution in [0.1, 0.15) is 6.85 Å². The van der Waals surface area contributed by atoms with Crippen LogP contribution < -0.4 is 0 Å². The van der Waals surface area contributed by atoms with Gasteiger partial charge in [0.1, 0.15) is 0 Å². The second kappa shape index (κ2) is 8.94. The maximum Gasteiger partial charge on any atom is 0.0629 e. The lowest BCUT2D eigenvalue weighted by molar-refractivity contribution is 1.64. The van der Waals surface area contributed by atoms with Crippen molar-refractivity contribution in [3.63, 3.8) is 0 Å². The van der Waals surface area contributed by atoms with Crippen molar-refractivity contribution in [2.75, 3.05) is 0 Å². The minimum Gasteiger partial charge on any atom is -0.135 e. The van der Waals surface area contributed by atoms with E-state index in [2.05, 4.69) is 78.9 Å². The molecule has 0 saturated carbocycles. The fourth-order valence-electron chi connectivity index (χ4n) is 5.94. The van der Waals surface area contributed by atoms with E-state index in [0.29, 0.717) is 5.56 Å². The van der Waals surface area contributed by atoms with Crippen molar-refractivity contribution in [1.29, 1.82) is 0 Å². The summed E-state index contributed by atoms with van der Waals surface area (Å²) in [5.41, 5.74) is 5.29. The topological polar surface area (TPSA) is 0 Å². The third kappa shape index (κ3) is 3.51. The molecule has 0 fully saturated rings. The molecule has 1 aromatic heterocycles. The Bertz CT molecular complexity index is 2370. The highest BCUT2D eigenvalue weighted by molar-refractivity contribution is 7.25. The van der Waals surface area contributed by atoms with Crippen molar-refractivity contribution >= 4 is 53.1 Å². The average molecular weight is 518 g/mol. The number of hydrogen-bond donors (Lipinski definition) is 0. The van der Waals surface area contributed by atoms with E-state index in [0.717, 1.165) is 38.2 Å². The second-order valence-electron chi connectivity index (χ2n) is 9.70. The van der Waals surface area contributed by atoms with E-state index in [1.54, 1.807) is 0 Å². The van der Waals surface area contributed by atoms with Crippen molar-refractivity contribution in [2.24, 2.45) is 0 Å². The fourth-order valence-corrected chi connectivity index (χ4v) is 7.07. The molecule has 0 aliphatic rings. The van der Waals surface area contributed by atoms with Crippen molar-refractivity contribution in [2.45, 2.75) is 0 Å². The van der Waals surface area contributed by atoms with Crippen LogP contribution in [-0.2, 0) is 0 Å². The van der Waals surface area contributed by atoms with Gasteiger partial charge in [-0.2, -0.15) is 0 Å². The van der Waals surface area contributed by atoms with Gasteiger partial charge >= 0.3 is 0 Å². The summed E-state index contributed by atoms with van der Waals surface area (Å²) in [6.07, 6.45) is 0. The lowest BCUT2D eigenvalue weighted by Crippen LogP contribution is -1.91. The maximum atomic E-state index is 8.80. The van der Waals surface area contributed by atoms with Crippen LogP contribution in [0, 0.1) is 0 Å². The Morgan fingerprint density at radius 3 is 1.67 bits per heavy atom. The van der Waals surface area contributed by atoms with Crippen molar-refractivity contribution < 1.29 is 6.85 Å². The van der Waals surface area contributed by atoms with Gasteiger partial charge in [-0.25, -0.2) is 0 Å². The molecule has 182 valence electrons. The molecule has 8 rings (SSSR count). The van der Waals surface area contributed by atoms with Crippen LogP contribution >= 0.6 is 11.3 Å². The third-order valence-corrected chi connectivity index (χ3v) is 8.68. The van der Waals surface area contributed by atoms with E-state index in [9.17, 15) is 0 Å². The zero-order valence-electron chi connectivity index (χ0n) is 25.9. The highest BCUT2D eigenvalue weighted by Crippen LogP contribution is 2.45. The first-order chi connectivity index (χ1) is 21.4. The Morgan fingerprint density at radius 2 is 0.974 bits per heavy atom. The molecule has 0 amide bonds. The molecule has 7 aromatic carbocycles. The number of rotatable bonds is 3. The van der Waals surface area contributed by atoms with Gasteiger partial charge in [-0.05, 0) is 73.1 Å². The summed E-state index contributed by atoms with van der Waals surface area (Å²) < 4.78 is 45.0. The molecule has 0 bridgehead atoms. The normalized spacial score (nSPS) is 13.4. The molecule has 0 spiro atoms. The predicted molar refractivity (Wildman–Crippen MR) is 171 cm³/mol. The minimum atomic E-state index is -0.390. The number of fused-ring (bicyclic) bond motifs is 5. The number of thiophene rings is 1. The van der Waals surface area contributed by atoms with Gasteiger partial charge in [0.2, 0.25) is 0 Å². The largest absolute Gasteiger partial charge is 0.135 e. The summed E-state index contributed by atoms with van der Waals surface area (Å²) >= 11 is 1.81. The molecular weight excluding hydrogens is 488 g/mol. The lowest BCUT2D eigenvalue weighted by Gasteiger charge is -2.18. The van der Waals surface area contributed by atoms with Crippen LogP contribution in [0.25, 0.3) is 75.1 Å². The summed E-state index contributed by atoms with van der Waals surface area (Å²) in [5, 5.41) is 6.13. The summed E-state index contributed by atoms with van der Waals surface area (Å²) in [7, 11) is 0. The standard InChI is InChI=1S/C38H24S/c1-2-12-25(13-3-1)36-29-16-4-6-18-31(29)37(32-19-7-5-17-30(32)36)27-15-10-14-26(24-27)28-21-11-23-35-38(28)33-20-8-9-22-34(33)39-35/h1-24H/i1D,2D,3D,12D,13D. The SMILES string of the molecule is [2H]c1c([2H])c([2H])c(-c2c3ccccc3c(-c3cccc(-c4cccc5sc6ccccc6c45)c3)c3ccccc23)c([2H])c1[2H]. The quantitative estimate of drug-likeness (QED) is 0.204. The van der Waals surface area contributed by atoms with Gasteiger partial charge in [0.05, 0.1) is 6.85 Å². The Kier molecular flexibility index (Phi) is 4.06. The summed E-state index contributed by atoms with van der Waals surface area (Å²) in [5.74, 6) is 0. The van der Waals surface area contributed by atoms with Crippen LogP contribution in [-0.4, -0.2) is 0 Å². The number of hydrogen-bond acceptors (Lipinski definition) is 1. The Labute approximate surface area is 238 Å². The molecule has 8 aromatic rings. The van der Waals surface area contributed by atoms with Crippen LogP contribution in [0.2, 0.25) is 0 Å². The van der Waals surface area contributed by atoms with Crippen LogP contribution in [0.5, 0.6) is 0 Å². The van der Waals surface area contributed by atoms with Gasteiger partial charge < -0.3 is 0 Å². The van der Waals surface area contributed by atoms with Crippen molar-refractivity contribution in [1.82, 2.24) is 0 Å². The molecule has 0 saturated heterocycles. The molecule has 0 aliphatic carbocycles. The summed E-state index contributed by atoms with van der Waals surface area (Å²) in [6, 6.07) is 38.2. The van der Waals surface area contributed by atoms with Crippen molar-refractivity contribution in [3.8, 4) is 33.4 Å². The second-order valence-corrected chi connectivity index (χ2v) is 10.8.